The topological polar surface area (TPSA) is 95.7 Å². The highest BCUT2D eigenvalue weighted by molar-refractivity contribution is 7.86. The van der Waals surface area contributed by atoms with E-state index in [1.807, 2.05) is 6.92 Å². The third-order valence-electron chi connectivity index (χ3n) is 3.46. The van der Waals surface area contributed by atoms with Gasteiger partial charge < -0.3 is 11.1 Å². The summed E-state index contributed by atoms with van der Waals surface area (Å²) in [6.45, 7) is 3.98. The number of rotatable bonds is 7. The first-order valence-electron chi connectivity index (χ1n) is 7.12. The van der Waals surface area contributed by atoms with E-state index in [-0.39, 0.29) is 30.8 Å². The van der Waals surface area contributed by atoms with E-state index in [2.05, 4.69) is 5.32 Å². The van der Waals surface area contributed by atoms with E-state index < -0.39 is 10.2 Å². The van der Waals surface area contributed by atoms with E-state index in [0.717, 1.165) is 12.8 Å². The molecule has 3 N–H and O–H groups in total. The first kappa shape index (κ1) is 20.6. The van der Waals surface area contributed by atoms with E-state index in [1.54, 1.807) is 7.05 Å². The maximum absolute atomic E-state index is 12.4. The average molecular weight is 343 g/mol. The van der Waals surface area contributed by atoms with Gasteiger partial charge in [0, 0.05) is 39.8 Å². The van der Waals surface area contributed by atoms with Crippen molar-refractivity contribution in [3.8, 4) is 0 Å². The van der Waals surface area contributed by atoms with E-state index >= 15 is 0 Å². The van der Waals surface area contributed by atoms with Crippen LogP contribution in [-0.2, 0) is 15.0 Å². The third-order valence-corrected chi connectivity index (χ3v) is 5.41. The predicted octanol–water partition coefficient (Wildman–Crippen LogP) is -0.218. The molecule has 1 heterocycles. The highest BCUT2D eigenvalue weighted by Crippen LogP contribution is 2.20. The first-order valence-corrected chi connectivity index (χ1v) is 8.52. The first-order chi connectivity index (χ1) is 9.43. The molecule has 1 aliphatic heterocycles. The predicted molar refractivity (Wildman–Crippen MR) is 85.4 cm³/mol. The summed E-state index contributed by atoms with van der Waals surface area (Å²) >= 11 is 0. The summed E-state index contributed by atoms with van der Waals surface area (Å²) in [5, 5.41) is 2.73. The maximum Gasteiger partial charge on any atom is 0.281 e. The van der Waals surface area contributed by atoms with Crippen LogP contribution in [0.15, 0.2) is 0 Å². The van der Waals surface area contributed by atoms with Crippen molar-refractivity contribution in [1.82, 2.24) is 13.9 Å². The quantitative estimate of drug-likeness (QED) is 0.668. The van der Waals surface area contributed by atoms with Crippen LogP contribution in [0.1, 0.15) is 26.2 Å². The normalized spacial score (nSPS) is 20.1. The minimum Gasteiger partial charge on any atom is -0.355 e. The Morgan fingerprint density at radius 3 is 2.71 bits per heavy atom. The standard InChI is InChI=1S/C12H26N4O3S.ClH/c1-3-8-15(2)20(18,19)16-9-4-5-11(10-16)12(17)14-7-6-13;/h11H,3-10,13H2,1-2H3,(H,14,17);1H. The molecule has 0 aliphatic carbocycles. The van der Waals surface area contributed by atoms with E-state index in [1.165, 1.54) is 8.61 Å². The van der Waals surface area contributed by atoms with E-state index in [9.17, 15) is 13.2 Å². The number of carbonyl (C=O) groups excluding carboxylic acids is 1. The van der Waals surface area contributed by atoms with Crippen LogP contribution in [0.25, 0.3) is 0 Å². The highest BCUT2D eigenvalue weighted by atomic mass is 35.5. The van der Waals surface area contributed by atoms with Crippen LogP contribution in [0.2, 0.25) is 0 Å². The summed E-state index contributed by atoms with van der Waals surface area (Å²) in [7, 11) is -1.87. The molecule has 1 fully saturated rings. The van der Waals surface area contributed by atoms with Gasteiger partial charge in [0.05, 0.1) is 5.92 Å². The summed E-state index contributed by atoms with van der Waals surface area (Å²) in [6, 6.07) is 0. The fraction of sp³-hybridized carbons (Fsp3) is 0.917. The molecule has 1 unspecified atom stereocenters. The van der Waals surface area contributed by atoms with Gasteiger partial charge in [-0.05, 0) is 19.3 Å². The van der Waals surface area contributed by atoms with Gasteiger partial charge in [-0.25, -0.2) is 0 Å². The van der Waals surface area contributed by atoms with Crippen LogP contribution < -0.4 is 11.1 Å². The molecule has 0 saturated carbocycles. The smallest absolute Gasteiger partial charge is 0.281 e. The number of carbonyl (C=O) groups is 1. The van der Waals surface area contributed by atoms with Crippen LogP contribution in [0.4, 0.5) is 0 Å². The molecule has 0 spiro atoms. The molecule has 0 aromatic rings. The minimum atomic E-state index is -3.45. The molecule has 1 amide bonds. The Morgan fingerprint density at radius 2 is 2.14 bits per heavy atom. The Hall–Kier alpha value is -0.410. The minimum absolute atomic E-state index is 0. The molecule has 126 valence electrons. The van der Waals surface area contributed by atoms with Crippen LogP contribution in [0.5, 0.6) is 0 Å². The highest BCUT2D eigenvalue weighted by Gasteiger charge is 2.34. The van der Waals surface area contributed by atoms with Gasteiger partial charge in [0.1, 0.15) is 0 Å². The molecule has 1 rings (SSSR count). The van der Waals surface area contributed by atoms with E-state index in [4.69, 9.17) is 5.73 Å². The van der Waals surface area contributed by atoms with Crippen molar-refractivity contribution in [3.05, 3.63) is 0 Å². The fourth-order valence-corrected chi connectivity index (χ4v) is 3.87. The number of amides is 1. The lowest BCUT2D eigenvalue weighted by atomic mass is 9.99. The lowest BCUT2D eigenvalue weighted by molar-refractivity contribution is -0.126. The fourth-order valence-electron chi connectivity index (χ4n) is 2.33. The lowest BCUT2D eigenvalue weighted by Crippen LogP contribution is -2.50. The summed E-state index contributed by atoms with van der Waals surface area (Å²) in [5.41, 5.74) is 5.35. The summed E-state index contributed by atoms with van der Waals surface area (Å²) < 4.78 is 27.5. The second-order valence-electron chi connectivity index (χ2n) is 5.11. The monoisotopic (exact) mass is 342 g/mol. The molecular formula is C12H27ClN4O3S. The van der Waals surface area contributed by atoms with Gasteiger partial charge in [0.25, 0.3) is 10.2 Å². The number of halogens is 1. The Labute approximate surface area is 133 Å². The number of nitrogens with one attached hydrogen (secondary N) is 1. The van der Waals surface area contributed by atoms with E-state index in [0.29, 0.717) is 32.6 Å². The molecule has 21 heavy (non-hydrogen) atoms. The van der Waals surface area contributed by atoms with Gasteiger partial charge in [0.15, 0.2) is 0 Å². The van der Waals surface area contributed by atoms with Crippen LogP contribution in [0, 0.1) is 5.92 Å². The SMILES string of the molecule is CCCN(C)S(=O)(=O)N1CCCC(C(=O)NCCN)C1.Cl. The summed E-state index contributed by atoms with van der Waals surface area (Å²) in [5.74, 6) is -0.381. The Kier molecular flexibility index (Phi) is 9.39. The number of nitrogens with zero attached hydrogens (tertiary/aromatic N) is 2. The largest absolute Gasteiger partial charge is 0.355 e. The lowest BCUT2D eigenvalue weighted by Gasteiger charge is -2.33. The molecule has 1 saturated heterocycles. The molecule has 7 nitrogen and oxygen atoms in total. The second kappa shape index (κ2) is 9.58. The van der Waals surface area contributed by atoms with Gasteiger partial charge in [-0.15, -0.1) is 12.4 Å². The molecule has 1 atom stereocenters. The molecular weight excluding hydrogens is 316 g/mol. The zero-order valence-electron chi connectivity index (χ0n) is 12.7. The zero-order valence-corrected chi connectivity index (χ0v) is 14.4. The number of hydrogen-bond acceptors (Lipinski definition) is 4. The molecule has 0 aromatic heterocycles. The van der Waals surface area contributed by atoms with Crippen molar-refractivity contribution in [2.45, 2.75) is 26.2 Å². The molecule has 0 bridgehead atoms. The van der Waals surface area contributed by atoms with Crippen molar-refractivity contribution < 1.29 is 13.2 Å². The van der Waals surface area contributed by atoms with Crippen molar-refractivity contribution in [1.29, 1.82) is 0 Å². The van der Waals surface area contributed by atoms with Crippen molar-refractivity contribution in [2.75, 3.05) is 39.8 Å². The maximum atomic E-state index is 12.4. The van der Waals surface area contributed by atoms with Crippen LogP contribution >= 0.6 is 12.4 Å². The van der Waals surface area contributed by atoms with Crippen molar-refractivity contribution >= 4 is 28.5 Å². The van der Waals surface area contributed by atoms with Crippen molar-refractivity contribution in [2.24, 2.45) is 11.7 Å². The molecule has 0 radical (unpaired) electrons. The molecule has 0 aromatic carbocycles. The van der Waals surface area contributed by atoms with Gasteiger partial charge in [0.2, 0.25) is 5.91 Å². The van der Waals surface area contributed by atoms with Gasteiger partial charge >= 0.3 is 0 Å². The summed E-state index contributed by atoms with van der Waals surface area (Å²) in [6.07, 6.45) is 2.20. The van der Waals surface area contributed by atoms with Gasteiger partial charge in [-0.1, -0.05) is 6.92 Å². The average Bonchev–Trinajstić information content (AvgIpc) is 2.45. The summed E-state index contributed by atoms with van der Waals surface area (Å²) in [4.78, 5) is 11.9. The van der Waals surface area contributed by atoms with Crippen molar-refractivity contribution in [3.63, 3.8) is 0 Å². The van der Waals surface area contributed by atoms with Gasteiger partial charge in [-0.3, -0.25) is 4.79 Å². The zero-order chi connectivity index (χ0) is 15.2. The Morgan fingerprint density at radius 1 is 1.48 bits per heavy atom. The Bertz CT molecular complexity index is 419. The number of hydrogen-bond donors (Lipinski definition) is 2. The second-order valence-corrected chi connectivity index (χ2v) is 7.14. The Balaban J connectivity index is 0.00000400. The van der Waals surface area contributed by atoms with Crippen LogP contribution in [0.3, 0.4) is 0 Å². The number of nitrogens with two attached hydrogens (primary N) is 1. The number of piperidine rings is 1. The van der Waals surface area contributed by atoms with Gasteiger partial charge in [-0.2, -0.15) is 17.0 Å². The third kappa shape index (κ3) is 5.71. The molecule has 9 heteroatoms. The van der Waals surface area contributed by atoms with Crippen LogP contribution in [-0.4, -0.2) is 62.7 Å². The molecule has 1 aliphatic rings.